The molecular formula is C4H8N2. The van der Waals surface area contributed by atoms with Crippen LogP contribution in [0.5, 0.6) is 0 Å². The Morgan fingerprint density at radius 3 is 2.00 bits per heavy atom. The van der Waals surface area contributed by atoms with E-state index in [-0.39, 0.29) is 0 Å². The first-order valence-electron chi connectivity index (χ1n) is 2.43. The number of hydrogen-bond donors (Lipinski definition) is 2. The van der Waals surface area contributed by atoms with E-state index in [4.69, 9.17) is 0 Å². The van der Waals surface area contributed by atoms with Crippen molar-refractivity contribution < 1.29 is 0 Å². The Bertz CT molecular complexity index is 63.9. The largest absolute Gasteiger partial charge is 0.314 e. The second-order valence-corrected chi connectivity index (χ2v) is 2.04. The predicted octanol–water partition coefficient (Wildman–Crippen LogP) is -1.07. The fraction of sp³-hybridized carbons (Fsp3) is 1.00. The van der Waals surface area contributed by atoms with Crippen molar-refractivity contribution in [2.45, 2.75) is 12.1 Å². The molecule has 2 saturated heterocycles. The van der Waals surface area contributed by atoms with Crippen LogP contribution in [0.15, 0.2) is 0 Å². The maximum absolute atomic E-state index is 3.31. The van der Waals surface area contributed by atoms with Gasteiger partial charge in [-0.2, -0.15) is 0 Å². The van der Waals surface area contributed by atoms with E-state index in [0.717, 1.165) is 12.1 Å². The van der Waals surface area contributed by atoms with Crippen LogP contribution in [-0.4, -0.2) is 25.2 Å². The highest BCUT2D eigenvalue weighted by Crippen LogP contribution is 2.12. The van der Waals surface area contributed by atoms with E-state index in [1.165, 1.54) is 13.1 Å². The lowest BCUT2D eigenvalue weighted by Gasteiger charge is -1.88. The van der Waals surface area contributed by atoms with Crippen LogP contribution in [0, 0.1) is 0 Å². The van der Waals surface area contributed by atoms with E-state index < -0.39 is 0 Å². The van der Waals surface area contributed by atoms with Gasteiger partial charge in [-0.1, -0.05) is 0 Å². The highest BCUT2D eigenvalue weighted by molar-refractivity contribution is 5.05. The molecule has 2 heterocycles. The third-order valence-corrected chi connectivity index (χ3v) is 1.53. The molecule has 0 aromatic heterocycles. The van der Waals surface area contributed by atoms with Crippen molar-refractivity contribution >= 4 is 0 Å². The van der Waals surface area contributed by atoms with Gasteiger partial charge in [0.25, 0.3) is 0 Å². The lowest BCUT2D eigenvalue weighted by molar-refractivity contribution is 0.737. The summed E-state index contributed by atoms with van der Waals surface area (Å²) in [6.45, 7) is 2.40. The summed E-state index contributed by atoms with van der Waals surface area (Å²) < 4.78 is 0. The van der Waals surface area contributed by atoms with Crippen molar-refractivity contribution in [1.29, 1.82) is 0 Å². The van der Waals surface area contributed by atoms with E-state index >= 15 is 0 Å². The van der Waals surface area contributed by atoms with Crippen molar-refractivity contribution in [3.8, 4) is 0 Å². The van der Waals surface area contributed by atoms with Crippen LogP contribution < -0.4 is 10.6 Å². The lowest BCUT2D eigenvalue weighted by Crippen LogP contribution is -2.18. The maximum atomic E-state index is 3.31. The van der Waals surface area contributed by atoms with E-state index in [9.17, 15) is 0 Å². The van der Waals surface area contributed by atoms with Gasteiger partial charge in [-0.05, 0) is 0 Å². The average Bonchev–Trinajstić information content (AvgIpc) is 2.17. The van der Waals surface area contributed by atoms with Crippen molar-refractivity contribution in [2.24, 2.45) is 0 Å². The molecule has 0 spiro atoms. The Morgan fingerprint density at radius 2 is 1.83 bits per heavy atom. The SMILES string of the molecule is C1NCC2NC12. The summed E-state index contributed by atoms with van der Waals surface area (Å²) in [6, 6.07) is 1.70. The molecule has 0 radical (unpaired) electrons. The standard InChI is InChI=1S/C4H8N2/c1-3-4(6-3)2-5-1/h3-6H,1-2H2. The molecule has 2 fully saturated rings. The van der Waals surface area contributed by atoms with E-state index in [2.05, 4.69) is 10.6 Å². The molecule has 0 bridgehead atoms. The molecule has 0 saturated carbocycles. The fourth-order valence-electron chi connectivity index (χ4n) is 1.02. The first-order chi connectivity index (χ1) is 2.97. The minimum Gasteiger partial charge on any atom is -0.314 e. The molecule has 2 heteroatoms. The zero-order valence-electron chi connectivity index (χ0n) is 3.57. The topological polar surface area (TPSA) is 34.0 Å². The van der Waals surface area contributed by atoms with Crippen molar-refractivity contribution in [3.05, 3.63) is 0 Å². The molecule has 2 aliphatic heterocycles. The minimum atomic E-state index is 0.852. The van der Waals surface area contributed by atoms with E-state index in [0.29, 0.717) is 0 Å². The lowest BCUT2D eigenvalue weighted by atomic mass is 10.4. The third kappa shape index (κ3) is 0.235. The molecule has 0 aliphatic carbocycles. The number of fused-ring (bicyclic) bond motifs is 1. The molecule has 2 rings (SSSR count). The number of nitrogens with one attached hydrogen (secondary N) is 2. The molecule has 2 N–H and O–H groups in total. The molecule has 6 heavy (non-hydrogen) atoms. The molecule has 2 aliphatic rings. The summed E-state index contributed by atoms with van der Waals surface area (Å²) in [5, 5.41) is 6.56. The van der Waals surface area contributed by atoms with Gasteiger partial charge in [-0.3, -0.25) is 0 Å². The quantitative estimate of drug-likeness (QED) is 0.366. The molecule has 0 aromatic rings. The van der Waals surface area contributed by atoms with Gasteiger partial charge in [0.1, 0.15) is 0 Å². The summed E-state index contributed by atoms with van der Waals surface area (Å²) in [5.74, 6) is 0. The monoisotopic (exact) mass is 84.1 g/mol. The van der Waals surface area contributed by atoms with Gasteiger partial charge in [0.15, 0.2) is 0 Å². The fourth-order valence-corrected chi connectivity index (χ4v) is 1.02. The highest BCUT2D eigenvalue weighted by atomic mass is 15.2. The number of rotatable bonds is 0. The molecule has 2 nitrogen and oxygen atoms in total. The van der Waals surface area contributed by atoms with Gasteiger partial charge >= 0.3 is 0 Å². The zero-order chi connectivity index (χ0) is 3.98. The Kier molecular flexibility index (Phi) is 0.383. The van der Waals surface area contributed by atoms with Gasteiger partial charge in [0.05, 0.1) is 0 Å². The van der Waals surface area contributed by atoms with Gasteiger partial charge in [-0.25, -0.2) is 0 Å². The smallest absolute Gasteiger partial charge is 0.0362 e. The second-order valence-electron chi connectivity index (χ2n) is 2.04. The third-order valence-electron chi connectivity index (χ3n) is 1.53. The van der Waals surface area contributed by atoms with Crippen LogP contribution in [0.4, 0.5) is 0 Å². The first kappa shape index (κ1) is 2.99. The number of piperazine rings is 1. The second kappa shape index (κ2) is 0.768. The highest BCUT2D eigenvalue weighted by Gasteiger charge is 2.39. The minimum absolute atomic E-state index is 0.852. The first-order valence-corrected chi connectivity index (χ1v) is 2.43. The molecule has 0 amide bonds. The predicted molar refractivity (Wildman–Crippen MR) is 23.6 cm³/mol. The summed E-state index contributed by atoms with van der Waals surface area (Å²) in [6.07, 6.45) is 0. The Labute approximate surface area is 36.9 Å². The van der Waals surface area contributed by atoms with Crippen LogP contribution in [-0.2, 0) is 0 Å². The number of hydrogen-bond acceptors (Lipinski definition) is 2. The van der Waals surface area contributed by atoms with Crippen molar-refractivity contribution in [3.63, 3.8) is 0 Å². The van der Waals surface area contributed by atoms with Gasteiger partial charge in [0.2, 0.25) is 0 Å². The van der Waals surface area contributed by atoms with E-state index in [1.54, 1.807) is 0 Å². The van der Waals surface area contributed by atoms with Crippen LogP contribution in [0.1, 0.15) is 0 Å². The molecule has 2 unspecified atom stereocenters. The Balaban J connectivity index is 2.09. The van der Waals surface area contributed by atoms with Crippen LogP contribution >= 0.6 is 0 Å². The summed E-state index contributed by atoms with van der Waals surface area (Å²) in [5.41, 5.74) is 0. The van der Waals surface area contributed by atoms with Gasteiger partial charge in [-0.15, -0.1) is 0 Å². The van der Waals surface area contributed by atoms with Gasteiger partial charge < -0.3 is 10.6 Å². The van der Waals surface area contributed by atoms with Crippen LogP contribution in [0.25, 0.3) is 0 Å². The molecule has 0 aromatic carbocycles. The normalized spacial score (nSPS) is 52.0. The summed E-state index contributed by atoms with van der Waals surface area (Å²) >= 11 is 0. The van der Waals surface area contributed by atoms with Gasteiger partial charge in [0, 0.05) is 25.2 Å². The molecule has 34 valence electrons. The van der Waals surface area contributed by atoms with E-state index in [1.807, 2.05) is 0 Å². The van der Waals surface area contributed by atoms with Crippen molar-refractivity contribution in [2.75, 3.05) is 13.1 Å². The van der Waals surface area contributed by atoms with Crippen LogP contribution in [0.3, 0.4) is 0 Å². The van der Waals surface area contributed by atoms with Crippen LogP contribution in [0.2, 0.25) is 0 Å². The molecule has 2 atom stereocenters. The maximum Gasteiger partial charge on any atom is 0.0362 e. The zero-order valence-corrected chi connectivity index (χ0v) is 3.57. The molecular weight excluding hydrogens is 76.1 g/mol. The Morgan fingerprint density at radius 1 is 1.17 bits per heavy atom. The summed E-state index contributed by atoms with van der Waals surface area (Å²) in [7, 11) is 0. The van der Waals surface area contributed by atoms with Crippen molar-refractivity contribution in [1.82, 2.24) is 10.6 Å². The average molecular weight is 84.1 g/mol. The summed E-state index contributed by atoms with van der Waals surface area (Å²) in [4.78, 5) is 0. The Hall–Kier alpha value is -0.0800.